The van der Waals surface area contributed by atoms with Gasteiger partial charge in [-0.15, -0.1) is 0 Å². The molecule has 3 N–H and O–H groups in total. The molecule has 0 aliphatic heterocycles. The summed E-state index contributed by atoms with van der Waals surface area (Å²) < 4.78 is 6.24. The van der Waals surface area contributed by atoms with Gasteiger partial charge in [-0.05, 0) is 77.3 Å². The van der Waals surface area contributed by atoms with Gasteiger partial charge in [-0.3, -0.25) is 9.59 Å². The number of unbranched alkanes of at least 4 members (excludes halogenated alkanes) is 1. The van der Waals surface area contributed by atoms with E-state index in [9.17, 15) is 14.4 Å². The predicted molar refractivity (Wildman–Crippen MR) is 145 cm³/mol. The standard InChI is InChI=1S/C28H48N4O4/c1-6-7-8-9-10-13-24(14-11-12-17-30-26(34)21-29-4)23(3)36-22(2)20-31-27(25-15-16-25)28(35)32(5)18-19-33/h7-8,10,13,19,22,25,27,29,31H,6,9,11-12,14-18,20-21H2,1-5H3,(H,30,34)/b8-7+,13-10?,24-23-. The van der Waals surface area contributed by atoms with Crippen LogP contribution in [0.4, 0.5) is 0 Å². The zero-order chi connectivity index (χ0) is 26.8. The van der Waals surface area contributed by atoms with Crippen molar-refractivity contribution in [1.82, 2.24) is 20.9 Å². The molecule has 1 fully saturated rings. The number of nitrogens with one attached hydrogen (secondary N) is 3. The molecule has 1 saturated carbocycles. The fraction of sp³-hybridized carbons (Fsp3) is 0.679. The summed E-state index contributed by atoms with van der Waals surface area (Å²) >= 11 is 0. The van der Waals surface area contributed by atoms with Crippen LogP contribution in [0.25, 0.3) is 0 Å². The summed E-state index contributed by atoms with van der Waals surface area (Å²) in [5.74, 6) is 1.19. The van der Waals surface area contributed by atoms with E-state index < -0.39 is 0 Å². The summed E-state index contributed by atoms with van der Waals surface area (Å²) in [6.07, 6.45) is 15.9. The summed E-state index contributed by atoms with van der Waals surface area (Å²) in [7, 11) is 3.43. The number of carbonyl (C=O) groups excluding carboxylic acids is 3. The maximum absolute atomic E-state index is 12.7. The molecule has 1 aliphatic carbocycles. The molecule has 0 radical (unpaired) electrons. The largest absolute Gasteiger partial charge is 0.494 e. The topological polar surface area (TPSA) is 99.8 Å². The number of hydrogen-bond donors (Lipinski definition) is 3. The molecular formula is C28H48N4O4. The highest BCUT2D eigenvalue weighted by atomic mass is 16.5. The van der Waals surface area contributed by atoms with Crippen molar-refractivity contribution in [2.24, 2.45) is 5.92 Å². The molecular weight excluding hydrogens is 456 g/mol. The van der Waals surface area contributed by atoms with Gasteiger partial charge < -0.3 is 30.4 Å². The second-order valence-electron chi connectivity index (χ2n) is 9.47. The Hall–Kier alpha value is -2.45. The maximum Gasteiger partial charge on any atom is 0.240 e. The second-order valence-corrected chi connectivity index (χ2v) is 9.47. The van der Waals surface area contributed by atoms with Crippen LogP contribution in [0, 0.1) is 5.92 Å². The SMILES string of the molecule is CC/C=C/CC=C/C(CCCCNC(=O)CNC)=C(\C)OC(C)CNC(C(=O)N(C)CC=O)C1CC1. The van der Waals surface area contributed by atoms with Crippen molar-refractivity contribution >= 4 is 18.1 Å². The average molecular weight is 505 g/mol. The molecule has 0 aromatic rings. The van der Waals surface area contributed by atoms with Crippen LogP contribution in [0.15, 0.2) is 35.6 Å². The molecule has 1 aliphatic rings. The number of allylic oxidation sites excluding steroid dienone is 6. The molecule has 0 aromatic heterocycles. The van der Waals surface area contributed by atoms with Gasteiger partial charge in [-0.25, -0.2) is 0 Å². The lowest BCUT2D eigenvalue weighted by Gasteiger charge is -2.25. The first-order valence-electron chi connectivity index (χ1n) is 13.3. The van der Waals surface area contributed by atoms with Crippen LogP contribution in [0.2, 0.25) is 0 Å². The Balaban J connectivity index is 2.68. The molecule has 8 nitrogen and oxygen atoms in total. The lowest BCUT2D eigenvalue weighted by Crippen LogP contribution is -2.48. The highest BCUT2D eigenvalue weighted by Crippen LogP contribution is 2.33. The first-order valence-corrected chi connectivity index (χ1v) is 13.3. The minimum absolute atomic E-state index is 0.0112. The van der Waals surface area contributed by atoms with Crippen LogP contribution >= 0.6 is 0 Å². The Morgan fingerprint density at radius 2 is 1.92 bits per heavy atom. The van der Waals surface area contributed by atoms with Crippen molar-refractivity contribution in [2.45, 2.75) is 77.9 Å². The monoisotopic (exact) mass is 504 g/mol. The van der Waals surface area contributed by atoms with Crippen molar-refractivity contribution < 1.29 is 19.1 Å². The van der Waals surface area contributed by atoms with Gasteiger partial charge in [0.15, 0.2) is 0 Å². The summed E-state index contributed by atoms with van der Waals surface area (Å²) in [6.45, 7) is 7.77. The van der Waals surface area contributed by atoms with Crippen LogP contribution in [0.1, 0.15) is 65.7 Å². The third-order valence-electron chi connectivity index (χ3n) is 6.07. The van der Waals surface area contributed by atoms with Crippen molar-refractivity contribution in [1.29, 1.82) is 0 Å². The smallest absolute Gasteiger partial charge is 0.240 e. The third kappa shape index (κ3) is 13.6. The van der Waals surface area contributed by atoms with Crippen LogP contribution in [-0.2, 0) is 19.1 Å². The summed E-state index contributed by atoms with van der Waals surface area (Å²) in [5, 5.41) is 9.15. The van der Waals surface area contributed by atoms with Crippen molar-refractivity contribution in [2.75, 3.05) is 40.3 Å². The van der Waals surface area contributed by atoms with E-state index in [1.807, 2.05) is 13.8 Å². The van der Waals surface area contributed by atoms with Gasteiger partial charge in [0.05, 0.1) is 24.9 Å². The zero-order valence-corrected chi connectivity index (χ0v) is 23.0. The van der Waals surface area contributed by atoms with E-state index in [4.69, 9.17) is 4.74 Å². The Labute approximate surface area is 218 Å². The Bertz CT molecular complexity index is 759. The molecule has 204 valence electrons. The van der Waals surface area contributed by atoms with E-state index in [-0.39, 0.29) is 30.5 Å². The lowest BCUT2D eigenvalue weighted by atomic mass is 10.1. The number of amides is 2. The second kappa shape index (κ2) is 18.8. The van der Waals surface area contributed by atoms with E-state index in [1.54, 1.807) is 14.1 Å². The van der Waals surface area contributed by atoms with Crippen molar-refractivity contribution in [3.05, 3.63) is 35.6 Å². The Kier molecular flexibility index (Phi) is 16.5. The van der Waals surface area contributed by atoms with Gasteiger partial charge in [0, 0.05) is 20.1 Å². The molecule has 1 rings (SSSR count). The molecule has 0 spiro atoms. The van der Waals surface area contributed by atoms with Crippen LogP contribution < -0.4 is 16.0 Å². The number of ether oxygens (including phenoxy) is 1. The molecule has 0 aromatic carbocycles. The molecule has 36 heavy (non-hydrogen) atoms. The zero-order valence-electron chi connectivity index (χ0n) is 23.0. The van der Waals surface area contributed by atoms with Gasteiger partial charge in [0.25, 0.3) is 0 Å². The van der Waals surface area contributed by atoms with Gasteiger partial charge in [0.1, 0.15) is 12.4 Å². The molecule has 0 bridgehead atoms. The fourth-order valence-corrected chi connectivity index (χ4v) is 3.86. The van der Waals surface area contributed by atoms with Gasteiger partial charge >= 0.3 is 0 Å². The quantitative estimate of drug-likeness (QED) is 0.0775. The van der Waals surface area contributed by atoms with Crippen molar-refractivity contribution in [3.8, 4) is 0 Å². The molecule has 0 saturated heterocycles. The fourth-order valence-electron chi connectivity index (χ4n) is 3.86. The lowest BCUT2D eigenvalue weighted by molar-refractivity contribution is -0.134. The molecule has 2 unspecified atom stereocenters. The molecule has 2 atom stereocenters. The average Bonchev–Trinajstić information content (AvgIpc) is 3.68. The van der Waals surface area contributed by atoms with Crippen molar-refractivity contribution in [3.63, 3.8) is 0 Å². The summed E-state index contributed by atoms with van der Waals surface area (Å²) in [5.41, 5.74) is 1.15. The first-order chi connectivity index (χ1) is 17.3. The number of likely N-dealkylation sites (N-methyl/N-ethyl adjacent to an activating group) is 2. The highest BCUT2D eigenvalue weighted by Gasteiger charge is 2.37. The molecule has 2 amide bonds. The van der Waals surface area contributed by atoms with Crippen LogP contribution in [0.3, 0.4) is 0 Å². The first kappa shape index (κ1) is 31.6. The molecule has 8 heteroatoms. The minimum atomic E-state index is -0.270. The van der Waals surface area contributed by atoms with Crippen LogP contribution in [-0.4, -0.2) is 75.4 Å². The summed E-state index contributed by atoms with van der Waals surface area (Å²) in [6, 6.07) is -0.270. The number of hydrogen-bond acceptors (Lipinski definition) is 6. The highest BCUT2D eigenvalue weighted by molar-refractivity contribution is 5.84. The van der Waals surface area contributed by atoms with E-state index in [0.29, 0.717) is 25.6 Å². The number of nitrogens with zero attached hydrogens (tertiary/aromatic N) is 1. The van der Waals surface area contributed by atoms with Gasteiger partial charge in [0.2, 0.25) is 11.8 Å². The van der Waals surface area contributed by atoms with E-state index in [2.05, 4.69) is 47.2 Å². The van der Waals surface area contributed by atoms with Gasteiger partial charge in [-0.1, -0.05) is 31.2 Å². The normalized spacial score (nSPS) is 16.0. The van der Waals surface area contributed by atoms with Gasteiger partial charge in [-0.2, -0.15) is 0 Å². The van der Waals surface area contributed by atoms with E-state index in [0.717, 1.165) is 62.6 Å². The summed E-state index contributed by atoms with van der Waals surface area (Å²) in [4.78, 5) is 36.6. The predicted octanol–water partition coefficient (Wildman–Crippen LogP) is 3.11. The minimum Gasteiger partial charge on any atom is -0.494 e. The number of rotatable bonds is 20. The third-order valence-corrected chi connectivity index (χ3v) is 6.07. The maximum atomic E-state index is 12.7. The Morgan fingerprint density at radius 1 is 1.17 bits per heavy atom. The van der Waals surface area contributed by atoms with E-state index >= 15 is 0 Å². The Morgan fingerprint density at radius 3 is 2.56 bits per heavy atom. The van der Waals surface area contributed by atoms with E-state index in [1.165, 1.54) is 4.90 Å². The van der Waals surface area contributed by atoms with Crippen LogP contribution in [0.5, 0.6) is 0 Å². The number of carbonyl (C=O) groups is 3. The number of aldehydes is 1. The molecule has 0 heterocycles.